The van der Waals surface area contributed by atoms with E-state index in [1.54, 1.807) is 0 Å². The van der Waals surface area contributed by atoms with E-state index in [1.807, 2.05) is 0 Å². The quantitative estimate of drug-likeness (QED) is 0.418. The van der Waals surface area contributed by atoms with Crippen molar-refractivity contribution in [3.05, 3.63) is 0 Å². The lowest BCUT2D eigenvalue weighted by Crippen LogP contribution is -2.56. The number of hydrogen-bond acceptors (Lipinski definition) is 3. The minimum absolute atomic E-state index is 2.01. The van der Waals surface area contributed by atoms with Crippen molar-refractivity contribution < 1.29 is 48.7 Å². The lowest BCUT2D eigenvalue weighted by Gasteiger charge is -2.26. The molecular weight excluding hydrogens is 282 g/mol. The van der Waals surface area contributed by atoms with Crippen molar-refractivity contribution in [2.75, 3.05) is 0 Å². The molecule has 1 aliphatic rings. The first-order valence-electron chi connectivity index (χ1n) is 3.39. The van der Waals surface area contributed by atoms with Gasteiger partial charge in [-0.25, -0.2) is 4.84 Å². The van der Waals surface area contributed by atoms with Crippen molar-refractivity contribution in [1.82, 2.24) is 9.96 Å². The summed E-state index contributed by atoms with van der Waals surface area (Å²) < 4.78 is 119. The van der Waals surface area contributed by atoms with Gasteiger partial charge in [-0.1, -0.05) is 0 Å². The van der Waals surface area contributed by atoms with Gasteiger partial charge in [-0.05, 0) is 9.96 Å². The third kappa shape index (κ3) is 2.55. The van der Waals surface area contributed by atoms with Gasteiger partial charge >= 0.3 is 25.0 Å². The molecule has 0 N–H and O–H groups in total. The van der Waals surface area contributed by atoms with Crippen LogP contribution in [0.15, 0.2) is 0 Å². The Morgan fingerprint density at radius 3 is 1.35 bits per heavy atom. The second kappa shape index (κ2) is 3.35. The van der Waals surface area contributed by atoms with Crippen LogP contribution in [0.4, 0.5) is 43.9 Å². The molecule has 1 heterocycles. The van der Waals surface area contributed by atoms with Gasteiger partial charge in [0.2, 0.25) is 0 Å². The molecule has 0 aliphatic carbocycles. The van der Waals surface area contributed by atoms with Crippen LogP contribution < -0.4 is 0 Å². The van der Waals surface area contributed by atoms with E-state index in [-0.39, 0.29) is 0 Å². The van der Waals surface area contributed by atoms with Crippen LogP contribution in [0.5, 0.6) is 0 Å². The predicted molar refractivity (Wildman–Crippen MR) is 26.8 cm³/mol. The molecule has 0 bridgehead atoms. The Morgan fingerprint density at radius 1 is 0.824 bits per heavy atom. The Bertz CT molecular complexity index is 291. The summed E-state index contributed by atoms with van der Waals surface area (Å²) in [5.74, 6) is 0. The van der Waals surface area contributed by atoms with E-state index in [4.69, 9.17) is 0 Å². The summed E-state index contributed by atoms with van der Waals surface area (Å²) >= 11 is 0. The highest BCUT2D eigenvalue weighted by molar-refractivity contribution is 4.82. The van der Waals surface area contributed by atoms with Crippen molar-refractivity contribution in [2.24, 2.45) is 0 Å². The average Bonchev–Trinajstić information content (AvgIpc) is 2.52. The minimum Gasteiger partial charge on any atom is -0.213 e. The number of alkyl halides is 10. The summed E-state index contributed by atoms with van der Waals surface area (Å²) in [4.78, 5) is -0.232. The number of hydrogen-bond donors (Lipinski definition) is 0. The Balaban J connectivity index is 3.05. The highest BCUT2D eigenvalue weighted by Gasteiger charge is 2.82. The van der Waals surface area contributed by atoms with Gasteiger partial charge in [0.25, 0.3) is 0 Å². The van der Waals surface area contributed by atoms with Gasteiger partial charge in [-0.15, -0.1) is 0 Å². The van der Waals surface area contributed by atoms with Crippen LogP contribution in [-0.2, 0) is 4.84 Å². The van der Waals surface area contributed by atoms with E-state index in [0.717, 1.165) is 0 Å². The molecule has 0 radical (unpaired) electrons. The monoisotopic (exact) mass is 282 g/mol. The Kier molecular flexibility index (Phi) is 2.81. The zero-order chi connectivity index (χ0) is 13.9. The number of hydroxylamine groups is 2. The smallest absolute Gasteiger partial charge is 0.213 e. The molecule has 0 aromatic heterocycles. The molecule has 0 aromatic rings. The molecule has 17 heavy (non-hydrogen) atoms. The summed E-state index contributed by atoms with van der Waals surface area (Å²) in [7, 11) is 0. The molecule has 0 aromatic carbocycles. The van der Waals surface area contributed by atoms with Crippen LogP contribution in [0.1, 0.15) is 0 Å². The summed E-state index contributed by atoms with van der Waals surface area (Å²) in [6, 6.07) is 0. The summed E-state index contributed by atoms with van der Waals surface area (Å²) in [6.07, 6.45) is -23.9. The maximum Gasteiger partial charge on any atom is 0.489 e. The first kappa shape index (κ1) is 14.2. The van der Waals surface area contributed by atoms with E-state index >= 15 is 0 Å². The Hall–Kier alpha value is -0.820. The number of halogens is 10. The largest absolute Gasteiger partial charge is 0.489 e. The maximum absolute atomic E-state index is 12.8. The molecule has 2 atom stereocenters. The predicted octanol–water partition coefficient (Wildman–Crippen LogP) is 2.68. The second-order valence-corrected chi connectivity index (χ2v) is 2.65. The van der Waals surface area contributed by atoms with Crippen molar-refractivity contribution in [3.8, 4) is 0 Å². The molecule has 0 spiro atoms. The van der Waals surface area contributed by atoms with Gasteiger partial charge in [0, 0.05) is 0 Å². The van der Waals surface area contributed by atoms with Gasteiger partial charge in [0.05, 0.1) is 0 Å². The topological polar surface area (TPSA) is 18.8 Å². The third-order valence-corrected chi connectivity index (χ3v) is 1.44. The zero-order valence-corrected chi connectivity index (χ0v) is 7.08. The molecular formula is C4F10N2O. The van der Waals surface area contributed by atoms with E-state index in [0.29, 0.717) is 0 Å². The standard InChI is InChI=1S/C4F10N2O/c5-1(6,7)15(2(8,9)10)4(14)16(17-4)3(11,12)13/t4-,16?/m0/s1. The first-order valence-corrected chi connectivity index (χ1v) is 3.39. The molecule has 0 saturated carbocycles. The summed E-state index contributed by atoms with van der Waals surface area (Å²) in [5.41, 5.74) is 0. The molecule has 13 heteroatoms. The first-order chi connectivity index (χ1) is 7.21. The van der Waals surface area contributed by atoms with Gasteiger partial charge in [-0.2, -0.15) is 43.9 Å². The van der Waals surface area contributed by atoms with Crippen molar-refractivity contribution >= 4 is 0 Å². The van der Waals surface area contributed by atoms with Crippen LogP contribution in [0, 0.1) is 0 Å². The summed E-state index contributed by atoms with van der Waals surface area (Å²) in [6.45, 7) is 0. The number of rotatable bonds is 1. The fourth-order valence-corrected chi connectivity index (χ4v) is 0.892. The van der Waals surface area contributed by atoms with Crippen LogP contribution >= 0.6 is 0 Å². The van der Waals surface area contributed by atoms with Gasteiger partial charge < -0.3 is 0 Å². The fourth-order valence-electron chi connectivity index (χ4n) is 0.892. The van der Waals surface area contributed by atoms with E-state index in [2.05, 4.69) is 4.84 Å². The third-order valence-electron chi connectivity index (χ3n) is 1.44. The molecule has 3 nitrogen and oxygen atoms in total. The van der Waals surface area contributed by atoms with E-state index in [1.165, 1.54) is 0 Å². The molecule has 1 unspecified atom stereocenters. The molecule has 1 rings (SSSR count). The van der Waals surface area contributed by atoms with Gasteiger partial charge in [0.1, 0.15) is 0 Å². The lowest BCUT2D eigenvalue weighted by molar-refractivity contribution is -0.421. The van der Waals surface area contributed by atoms with E-state index in [9.17, 15) is 43.9 Å². The summed E-state index contributed by atoms with van der Waals surface area (Å²) in [5, 5.41) is -2.01. The molecule has 102 valence electrons. The minimum atomic E-state index is -6.44. The normalized spacial score (nSPS) is 30.9. The second-order valence-electron chi connectivity index (χ2n) is 2.65. The van der Waals surface area contributed by atoms with Gasteiger partial charge in [0.15, 0.2) is 0 Å². The Morgan fingerprint density at radius 2 is 1.18 bits per heavy atom. The average molecular weight is 282 g/mol. The van der Waals surface area contributed by atoms with Crippen molar-refractivity contribution in [2.45, 2.75) is 25.0 Å². The van der Waals surface area contributed by atoms with Crippen molar-refractivity contribution in [3.63, 3.8) is 0 Å². The maximum atomic E-state index is 12.8. The fraction of sp³-hybridized carbons (Fsp3) is 1.00. The lowest BCUT2D eigenvalue weighted by atomic mass is 10.7. The van der Waals surface area contributed by atoms with Crippen LogP contribution in [0.2, 0.25) is 0 Å². The van der Waals surface area contributed by atoms with Crippen LogP contribution in [0.3, 0.4) is 0 Å². The van der Waals surface area contributed by atoms with E-state index < -0.39 is 35.0 Å². The van der Waals surface area contributed by atoms with Crippen molar-refractivity contribution in [1.29, 1.82) is 0 Å². The van der Waals surface area contributed by atoms with Crippen LogP contribution in [0.25, 0.3) is 0 Å². The molecule has 1 saturated heterocycles. The van der Waals surface area contributed by atoms with Gasteiger partial charge in [-0.3, -0.25) is 0 Å². The highest BCUT2D eigenvalue weighted by atomic mass is 19.4. The molecule has 1 fully saturated rings. The number of nitrogens with zero attached hydrogens (tertiary/aromatic N) is 2. The zero-order valence-electron chi connectivity index (χ0n) is 7.08. The SMILES string of the molecule is FC(F)(F)N1O[C@@]1(F)N(C(F)(F)F)C(F)(F)F. The molecule has 0 amide bonds. The molecule has 1 aliphatic heterocycles. The van der Waals surface area contributed by atoms with Crippen LogP contribution in [-0.4, -0.2) is 35.0 Å². The highest BCUT2D eigenvalue weighted by Crippen LogP contribution is 2.54. The Labute approximate surface area is 85.1 Å².